The number of aryl methyl sites for hydroxylation is 1. The molecule has 1 amide bonds. The van der Waals surface area contributed by atoms with Crippen LogP contribution in [0.15, 0.2) is 55.1 Å². The second kappa shape index (κ2) is 7.15. The summed E-state index contributed by atoms with van der Waals surface area (Å²) in [5, 5.41) is 8.64. The highest BCUT2D eigenvalue weighted by Crippen LogP contribution is 2.23. The van der Waals surface area contributed by atoms with Crippen LogP contribution < -0.4 is 0 Å². The summed E-state index contributed by atoms with van der Waals surface area (Å²) in [6.45, 7) is 4.28. The fourth-order valence-electron chi connectivity index (χ4n) is 3.50. The minimum absolute atomic E-state index is 0.101. The van der Waals surface area contributed by atoms with Crippen molar-refractivity contribution in [2.45, 2.75) is 32.4 Å². The van der Waals surface area contributed by atoms with E-state index >= 15 is 0 Å². The second-order valence-electron chi connectivity index (χ2n) is 6.95. The fraction of sp³-hybridized carbons (Fsp3) is 0.350. The molecule has 3 heterocycles. The van der Waals surface area contributed by atoms with Crippen LogP contribution in [-0.2, 0) is 6.54 Å². The Morgan fingerprint density at radius 2 is 2.08 bits per heavy atom. The number of amides is 1. The molecule has 0 spiro atoms. The molecule has 0 bridgehead atoms. The average Bonchev–Trinajstić information content (AvgIpc) is 3.34. The molecular weight excluding hydrogens is 326 g/mol. The van der Waals surface area contributed by atoms with Gasteiger partial charge in [0.15, 0.2) is 0 Å². The zero-order valence-electron chi connectivity index (χ0n) is 15.0. The quantitative estimate of drug-likeness (QED) is 0.728. The number of benzene rings is 1. The second-order valence-corrected chi connectivity index (χ2v) is 6.95. The first-order valence-corrected chi connectivity index (χ1v) is 9.05. The van der Waals surface area contributed by atoms with E-state index in [1.807, 2.05) is 63.9 Å². The summed E-state index contributed by atoms with van der Waals surface area (Å²) >= 11 is 0. The largest absolute Gasteiger partial charge is 0.337 e. The van der Waals surface area contributed by atoms with Crippen LogP contribution in [0, 0.1) is 6.92 Å². The zero-order valence-corrected chi connectivity index (χ0v) is 15.0. The predicted molar refractivity (Wildman–Crippen MR) is 98.9 cm³/mol. The molecule has 0 saturated carbocycles. The molecule has 0 aliphatic carbocycles. The number of aromatic nitrogens is 4. The smallest absolute Gasteiger partial charge is 0.253 e. The zero-order chi connectivity index (χ0) is 17.9. The van der Waals surface area contributed by atoms with Crippen LogP contribution in [0.1, 0.15) is 40.4 Å². The van der Waals surface area contributed by atoms with Crippen molar-refractivity contribution >= 4 is 5.91 Å². The van der Waals surface area contributed by atoms with E-state index in [0.717, 1.165) is 42.6 Å². The number of piperidine rings is 1. The minimum atomic E-state index is 0.101. The first-order chi connectivity index (χ1) is 12.7. The molecule has 1 aromatic carbocycles. The van der Waals surface area contributed by atoms with Crippen LogP contribution in [0.5, 0.6) is 0 Å². The van der Waals surface area contributed by atoms with E-state index in [-0.39, 0.29) is 11.9 Å². The van der Waals surface area contributed by atoms with Gasteiger partial charge in [-0.05, 0) is 49.1 Å². The summed E-state index contributed by atoms with van der Waals surface area (Å²) in [6, 6.07) is 10.0. The summed E-state index contributed by atoms with van der Waals surface area (Å²) in [7, 11) is 0. The van der Waals surface area contributed by atoms with Gasteiger partial charge in [0, 0.05) is 37.2 Å². The number of rotatable bonds is 4. The van der Waals surface area contributed by atoms with Gasteiger partial charge in [-0.1, -0.05) is 12.1 Å². The van der Waals surface area contributed by atoms with Gasteiger partial charge in [0.25, 0.3) is 5.91 Å². The number of likely N-dealkylation sites (tertiary alicyclic amines) is 1. The molecule has 0 radical (unpaired) electrons. The Morgan fingerprint density at radius 1 is 1.23 bits per heavy atom. The summed E-state index contributed by atoms with van der Waals surface area (Å²) in [6.07, 6.45) is 9.71. The Labute approximate surface area is 153 Å². The summed E-state index contributed by atoms with van der Waals surface area (Å²) in [5.41, 5.74) is 3.03. The van der Waals surface area contributed by atoms with Gasteiger partial charge in [0.05, 0.1) is 18.8 Å². The van der Waals surface area contributed by atoms with Crippen molar-refractivity contribution in [3.8, 4) is 0 Å². The third-order valence-electron chi connectivity index (χ3n) is 4.89. The molecule has 1 aliphatic rings. The minimum Gasteiger partial charge on any atom is -0.337 e. The van der Waals surface area contributed by atoms with Gasteiger partial charge in [-0.15, -0.1) is 0 Å². The number of nitrogens with zero attached hydrogens (tertiary/aromatic N) is 5. The van der Waals surface area contributed by atoms with Crippen LogP contribution in [0.3, 0.4) is 0 Å². The topological polar surface area (TPSA) is 56.0 Å². The third-order valence-corrected chi connectivity index (χ3v) is 4.89. The van der Waals surface area contributed by atoms with Gasteiger partial charge in [0.2, 0.25) is 0 Å². The number of carbonyl (C=O) groups is 1. The molecule has 6 heteroatoms. The lowest BCUT2D eigenvalue weighted by Crippen LogP contribution is -2.40. The lowest BCUT2D eigenvalue weighted by atomic mass is 10.0. The van der Waals surface area contributed by atoms with E-state index in [0.29, 0.717) is 6.54 Å². The molecule has 1 saturated heterocycles. The van der Waals surface area contributed by atoms with E-state index < -0.39 is 0 Å². The standard InChI is InChI=1S/C20H23N5O/c1-16-12-22-25(13-16)19-4-2-10-23(15-19)20(26)18-7-5-17(6-8-18)14-24-11-3-9-21-24/h3,5-9,11-13,19H,2,4,10,14-15H2,1H3. The lowest BCUT2D eigenvalue weighted by Gasteiger charge is -2.33. The molecular formula is C20H23N5O. The number of hydrogen-bond acceptors (Lipinski definition) is 3. The third kappa shape index (κ3) is 3.54. The number of carbonyl (C=O) groups excluding carboxylic acids is 1. The van der Waals surface area contributed by atoms with Crippen LogP contribution in [0.2, 0.25) is 0 Å². The molecule has 0 N–H and O–H groups in total. The molecule has 4 rings (SSSR count). The van der Waals surface area contributed by atoms with Gasteiger partial charge >= 0.3 is 0 Å². The van der Waals surface area contributed by atoms with Gasteiger partial charge in [-0.2, -0.15) is 10.2 Å². The van der Waals surface area contributed by atoms with Crippen molar-refractivity contribution in [2.75, 3.05) is 13.1 Å². The highest BCUT2D eigenvalue weighted by atomic mass is 16.2. The van der Waals surface area contributed by atoms with Crippen LogP contribution >= 0.6 is 0 Å². The van der Waals surface area contributed by atoms with Gasteiger partial charge in [-0.3, -0.25) is 14.2 Å². The summed E-state index contributed by atoms with van der Waals surface area (Å²) < 4.78 is 3.88. The first-order valence-electron chi connectivity index (χ1n) is 9.05. The Kier molecular flexibility index (Phi) is 4.56. The van der Waals surface area contributed by atoms with Crippen LogP contribution in [0.4, 0.5) is 0 Å². The Bertz CT molecular complexity index is 866. The maximum Gasteiger partial charge on any atom is 0.253 e. The fourth-order valence-corrected chi connectivity index (χ4v) is 3.50. The first kappa shape index (κ1) is 16.6. The van der Waals surface area contributed by atoms with E-state index in [1.165, 1.54) is 0 Å². The molecule has 26 heavy (non-hydrogen) atoms. The van der Waals surface area contributed by atoms with E-state index in [9.17, 15) is 4.79 Å². The Balaban J connectivity index is 1.43. The molecule has 2 aromatic heterocycles. The lowest BCUT2D eigenvalue weighted by molar-refractivity contribution is 0.0673. The Morgan fingerprint density at radius 3 is 2.77 bits per heavy atom. The van der Waals surface area contributed by atoms with Gasteiger partial charge < -0.3 is 4.90 Å². The van der Waals surface area contributed by atoms with E-state index in [2.05, 4.69) is 16.4 Å². The molecule has 1 aliphatic heterocycles. The normalized spacial score (nSPS) is 17.4. The molecule has 134 valence electrons. The van der Waals surface area contributed by atoms with E-state index in [4.69, 9.17) is 0 Å². The van der Waals surface area contributed by atoms with Gasteiger partial charge in [0.1, 0.15) is 0 Å². The van der Waals surface area contributed by atoms with Crippen molar-refractivity contribution in [1.29, 1.82) is 0 Å². The summed E-state index contributed by atoms with van der Waals surface area (Å²) in [4.78, 5) is 14.8. The summed E-state index contributed by atoms with van der Waals surface area (Å²) in [5.74, 6) is 0.101. The van der Waals surface area contributed by atoms with Crippen LogP contribution in [0.25, 0.3) is 0 Å². The van der Waals surface area contributed by atoms with Crippen molar-refractivity contribution in [3.63, 3.8) is 0 Å². The predicted octanol–water partition coefficient (Wildman–Crippen LogP) is 2.91. The Hall–Kier alpha value is -2.89. The molecule has 1 atom stereocenters. The highest BCUT2D eigenvalue weighted by molar-refractivity contribution is 5.94. The maximum atomic E-state index is 12.9. The molecule has 1 fully saturated rings. The van der Waals surface area contributed by atoms with Crippen LogP contribution in [-0.4, -0.2) is 43.5 Å². The molecule has 3 aromatic rings. The number of hydrogen-bond donors (Lipinski definition) is 0. The average molecular weight is 349 g/mol. The monoisotopic (exact) mass is 349 g/mol. The molecule has 1 unspecified atom stereocenters. The molecule has 6 nitrogen and oxygen atoms in total. The van der Waals surface area contributed by atoms with Gasteiger partial charge in [-0.25, -0.2) is 0 Å². The van der Waals surface area contributed by atoms with Crippen molar-refractivity contribution < 1.29 is 4.79 Å². The highest BCUT2D eigenvalue weighted by Gasteiger charge is 2.25. The van der Waals surface area contributed by atoms with Crippen molar-refractivity contribution in [2.24, 2.45) is 0 Å². The van der Waals surface area contributed by atoms with E-state index in [1.54, 1.807) is 6.20 Å². The SMILES string of the molecule is Cc1cnn(C2CCCN(C(=O)c3ccc(Cn4cccn4)cc3)C2)c1. The van der Waals surface area contributed by atoms with Crippen molar-refractivity contribution in [1.82, 2.24) is 24.5 Å². The maximum absolute atomic E-state index is 12.9. The van der Waals surface area contributed by atoms with Crippen molar-refractivity contribution in [3.05, 3.63) is 71.8 Å².